The summed E-state index contributed by atoms with van der Waals surface area (Å²) in [7, 11) is 1.66. The zero-order chi connectivity index (χ0) is 13.7. The highest BCUT2D eigenvalue weighted by molar-refractivity contribution is 5.96. The van der Waals surface area contributed by atoms with Crippen LogP contribution < -0.4 is 5.32 Å². The molecule has 0 unspecified atom stereocenters. The van der Waals surface area contributed by atoms with Crippen molar-refractivity contribution in [1.29, 1.82) is 0 Å². The maximum atomic E-state index is 12.1. The summed E-state index contributed by atoms with van der Waals surface area (Å²) in [6.45, 7) is 0.115. The van der Waals surface area contributed by atoms with Crippen molar-refractivity contribution in [1.82, 2.24) is 10.2 Å². The van der Waals surface area contributed by atoms with Crippen LogP contribution in [-0.2, 0) is 4.79 Å². The molecule has 1 fully saturated rings. The van der Waals surface area contributed by atoms with E-state index in [-0.39, 0.29) is 18.4 Å². The van der Waals surface area contributed by atoms with Crippen LogP contribution >= 0.6 is 0 Å². The highest BCUT2D eigenvalue weighted by Crippen LogP contribution is 2.17. The Labute approximate surface area is 113 Å². The standard InChI is InChI=1S/C15H20N2O2/c1-17(15(19)12-7-3-2-4-8-12)11-14(18)16-13-9-5-6-10-13/h2-4,7-8,13H,5-6,9-11H2,1H3,(H,16,18). The van der Waals surface area contributed by atoms with Crippen LogP contribution in [0.15, 0.2) is 30.3 Å². The van der Waals surface area contributed by atoms with Gasteiger partial charge in [-0.1, -0.05) is 31.0 Å². The van der Waals surface area contributed by atoms with Gasteiger partial charge in [-0.2, -0.15) is 0 Å². The van der Waals surface area contributed by atoms with E-state index >= 15 is 0 Å². The van der Waals surface area contributed by atoms with Crippen molar-refractivity contribution in [2.75, 3.05) is 13.6 Å². The van der Waals surface area contributed by atoms with Gasteiger partial charge in [0.15, 0.2) is 0 Å². The summed E-state index contributed by atoms with van der Waals surface area (Å²) >= 11 is 0. The van der Waals surface area contributed by atoms with Crippen LogP contribution in [0, 0.1) is 0 Å². The van der Waals surface area contributed by atoms with Gasteiger partial charge in [0, 0.05) is 18.7 Å². The third-order valence-electron chi connectivity index (χ3n) is 3.47. The maximum absolute atomic E-state index is 12.1. The first kappa shape index (κ1) is 13.6. The molecule has 0 aliphatic heterocycles. The SMILES string of the molecule is CN(CC(=O)NC1CCCC1)C(=O)c1ccccc1. The Morgan fingerprint density at radius 2 is 1.84 bits per heavy atom. The highest BCUT2D eigenvalue weighted by Gasteiger charge is 2.19. The van der Waals surface area contributed by atoms with Gasteiger partial charge in [0.25, 0.3) is 5.91 Å². The predicted octanol–water partition coefficient (Wildman–Crippen LogP) is 1.82. The smallest absolute Gasteiger partial charge is 0.254 e. The molecule has 0 aromatic heterocycles. The molecule has 2 rings (SSSR count). The molecule has 1 aromatic carbocycles. The number of hydrogen-bond donors (Lipinski definition) is 1. The molecule has 1 saturated carbocycles. The Bertz CT molecular complexity index is 439. The quantitative estimate of drug-likeness (QED) is 0.897. The van der Waals surface area contributed by atoms with E-state index in [1.807, 2.05) is 18.2 Å². The topological polar surface area (TPSA) is 49.4 Å². The van der Waals surface area contributed by atoms with Crippen molar-refractivity contribution in [3.63, 3.8) is 0 Å². The van der Waals surface area contributed by atoms with Crippen LogP contribution in [-0.4, -0.2) is 36.3 Å². The van der Waals surface area contributed by atoms with Crippen molar-refractivity contribution in [3.8, 4) is 0 Å². The van der Waals surface area contributed by atoms with Gasteiger partial charge in [-0.3, -0.25) is 9.59 Å². The van der Waals surface area contributed by atoms with Gasteiger partial charge >= 0.3 is 0 Å². The number of benzene rings is 1. The van der Waals surface area contributed by atoms with Crippen LogP contribution in [0.1, 0.15) is 36.0 Å². The Balaban J connectivity index is 1.84. The summed E-state index contributed by atoms with van der Waals surface area (Å²) in [6.07, 6.45) is 4.48. The molecule has 1 aliphatic carbocycles. The maximum Gasteiger partial charge on any atom is 0.254 e. The number of rotatable bonds is 4. The molecule has 0 heterocycles. The van der Waals surface area contributed by atoms with Crippen LogP contribution in [0.25, 0.3) is 0 Å². The summed E-state index contributed by atoms with van der Waals surface area (Å²) < 4.78 is 0. The van der Waals surface area contributed by atoms with Crippen LogP contribution in [0.3, 0.4) is 0 Å². The second-order valence-corrected chi connectivity index (χ2v) is 5.08. The molecule has 1 N–H and O–H groups in total. The molecule has 1 aromatic rings. The zero-order valence-electron chi connectivity index (χ0n) is 11.3. The Kier molecular flexibility index (Phi) is 4.55. The van der Waals surface area contributed by atoms with Gasteiger partial charge in [0.1, 0.15) is 0 Å². The van der Waals surface area contributed by atoms with E-state index in [4.69, 9.17) is 0 Å². The number of carbonyl (C=O) groups is 2. The number of amides is 2. The Hall–Kier alpha value is -1.84. The molecule has 4 nitrogen and oxygen atoms in total. The zero-order valence-corrected chi connectivity index (χ0v) is 11.3. The number of nitrogens with one attached hydrogen (secondary N) is 1. The summed E-state index contributed by atoms with van der Waals surface area (Å²) in [6, 6.07) is 9.32. The Morgan fingerprint density at radius 1 is 1.21 bits per heavy atom. The monoisotopic (exact) mass is 260 g/mol. The minimum absolute atomic E-state index is 0.0707. The molecule has 0 spiro atoms. The van der Waals surface area contributed by atoms with Crippen LogP contribution in [0.4, 0.5) is 0 Å². The van der Waals surface area contributed by atoms with E-state index in [9.17, 15) is 9.59 Å². The number of carbonyl (C=O) groups excluding carboxylic acids is 2. The normalized spacial score (nSPS) is 15.2. The lowest BCUT2D eigenvalue weighted by atomic mass is 10.2. The molecule has 0 saturated heterocycles. The number of nitrogens with zero attached hydrogens (tertiary/aromatic N) is 1. The van der Waals surface area contributed by atoms with E-state index in [1.165, 1.54) is 17.7 Å². The van der Waals surface area contributed by atoms with Crippen LogP contribution in [0.5, 0.6) is 0 Å². The second kappa shape index (κ2) is 6.36. The molecule has 0 bridgehead atoms. The fourth-order valence-electron chi connectivity index (χ4n) is 2.43. The fraction of sp³-hybridized carbons (Fsp3) is 0.467. The minimum Gasteiger partial charge on any atom is -0.352 e. The van der Waals surface area contributed by atoms with Gasteiger partial charge in [-0.05, 0) is 25.0 Å². The first-order valence-electron chi connectivity index (χ1n) is 6.76. The van der Waals surface area contributed by atoms with Crippen LogP contribution in [0.2, 0.25) is 0 Å². The van der Waals surface area contributed by atoms with Gasteiger partial charge in [-0.15, -0.1) is 0 Å². The summed E-state index contributed by atoms with van der Waals surface area (Å²) in [4.78, 5) is 25.4. The van der Waals surface area contributed by atoms with Crippen molar-refractivity contribution in [2.45, 2.75) is 31.7 Å². The summed E-state index contributed by atoms with van der Waals surface area (Å²) in [5.74, 6) is -0.194. The molecule has 19 heavy (non-hydrogen) atoms. The van der Waals surface area contributed by atoms with Gasteiger partial charge in [0.2, 0.25) is 5.91 Å². The molecule has 0 radical (unpaired) electrons. The van der Waals surface area contributed by atoms with Crippen molar-refractivity contribution >= 4 is 11.8 Å². The molecular weight excluding hydrogens is 240 g/mol. The molecule has 4 heteroatoms. The Morgan fingerprint density at radius 3 is 2.47 bits per heavy atom. The van der Waals surface area contributed by atoms with E-state index in [1.54, 1.807) is 19.2 Å². The largest absolute Gasteiger partial charge is 0.352 e. The lowest BCUT2D eigenvalue weighted by Crippen LogP contribution is -2.41. The molecule has 102 valence electrons. The van der Waals surface area contributed by atoms with Crippen molar-refractivity contribution < 1.29 is 9.59 Å². The predicted molar refractivity (Wildman–Crippen MR) is 73.8 cm³/mol. The lowest BCUT2D eigenvalue weighted by molar-refractivity contribution is -0.122. The second-order valence-electron chi connectivity index (χ2n) is 5.08. The highest BCUT2D eigenvalue weighted by atomic mass is 16.2. The lowest BCUT2D eigenvalue weighted by Gasteiger charge is -2.18. The first-order chi connectivity index (χ1) is 9.16. The van der Waals surface area contributed by atoms with E-state index < -0.39 is 0 Å². The van der Waals surface area contributed by atoms with Gasteiger partial charge < -0.3 is 10.2 Å². The third kappa shape index (κ3) is 3.81. The molecule has 0 atom stereocenters. The fourth-order valence-corrected chi connectivity index (χ4v) is 2.43. The molecule has 2 amide bonds. The van der Waals surface area contributed by atoms with Crippen molar-refractivity contribution in [3.05, 3.63) is 35.9 Å². The minimum atomic E-state index is -0.123. The summed E-state index contributed by atoms with van der Waals surface area (Å²) in [5, 5.41) is 2.98. The molecule has 1 aliphatic rings. The third-order valence-corrected chi connectivity index (χ3v) is 3.47. The number of hydrogen-bond acceptors (Lipinski definition) is 2. The van der Waals surface area contributed by atoms with E-state index in [0.717, 1.165) is 12.8 Å². The number of likely N-dealkylation sites (N-methyl/N-ethyl adjacent to an activating group) is 1. The first-order valence-corrected chi connectivity index (χ1v) is 6.76. The van der Waals surface area contributed by atoms with Gasteiger partial charge in [0.05, 0.1) is 6.54 Å². The van der Waals surface area contributed by atoms with Crippen molar-refractivity contribution in [2.24, 2.45) is 0 Å². The summed E-state index contributed by atoms with van der Waals surface area (Å²) in [5.41, 5.74) is 0.610. The average molecular weight is 260 g/mol. The molecular formula is C15H20N2O2. The van der Waals surface area contributed by atoms with Gasteiger partial charge in [-0.25, -0.2) is 0 Å². The average Bonchev–Trinajstić information content (AvgIpc) is 2.91. The van der Waals surface area contributed by atoms with E-state index in [0.29, 0.717) is 11.6 Å². The van der Waals surface area contributed by atoms with E-state index in [2.05, 4.69) is 5.32 Å².